The van der Waals surface area contributed by atoms with E-state index in [9.17, 15) is 0 Å². The lowest BCUT2D eigenvalue weighted by atomic mass is 10.1. The van der Waals surface area contributed by atoms with Crippen molar-refractivity contribution in [2.24, 2.45) is 5.73 Å². The summed E-state index contributed by atoms with van der Waals surface area (Å²) in [5.41, 5.74) is 8.38. The lowest BCUT2D eigenvalue weighted by molar-refractivity contribution is 0.205. The molecule has 0 aromatic heterocycles. The Morgan fingerprint density at radius 3 is 2.76 bits per heavy atom. The summed E-state index contributed by atoms with van der Waals surface area (Å²) >= 11 is 0. The third-order valence-electron chi connectivity index (χ3n) is 3.24. The number of nitrogens with two attached hydrogens (primary N) is 1. The van der Waals surface area contributed by atoms with Gasteiger partial charge >= 0.3 is 0 Å². The Labute approximate surface area is 104 Å². The molecule has 1 aliphatic rings. The summed E-state index contributed by atoms with van der Waals surface area (Å²) in [6, 6.07) is 9.31. The van der Waals surface area contributed by atoms with Crippen LogP contribution in [-0.2, 0) is 11.2 Å². The van der Waals surface area contributed by atoms with Crippen LogP contribution in [0, 0.1) is 0 Å². The van der Waals surface area contributed by atoms with Gasteiger partial charge in [0.05, 0.1) is 6.61 Å². The van der Waals surface area contributed by atoms with Gasteiger partial charge in [-0.3, -0.25) is 0 Å². The quantitative estimate of drug-likeness (QED) is 0.782. The van der Waals surface area contributed by atoms with Gasteiger partial charge in [0.2, 0.25) is 0 Å². The van der Waals surface area contributed by atoms with E-state index >= 15 is 0 Å². The molecule has 0 atom stereocenters. The summed E-state index contributed by atoms with van der Waals surface area (Å²) in [4.78, 5) is 2.48. The molecule has 1 saturated carbocycles. The zero-order valence-corrected chi connectivity index (χ0v) is 10.6. The van der Waals surface area contributed by atoms with Gasteiger partial charge in [0, 0.05) is 25.4 Å². The maximum Gasteiger partial charge on any atom is 0.0637 e. The molecule has 3 nitrogen and oxygen atoms in total. The van der Waals surface area contributed by atoms with Crippen molar-refractivity contribution in [3.05, 3.63) is 29.8 Å². The lowest BCUT2D eigenvalue weighted by Crippen LogP contribution is -2.30. The number of hydrogen-bond acceptors (Lipinski definition) is 3. The van der Waals surface area contributed by atoms with Crippen molar-refractivity contribution in [2.75, 3.05) is 31.7 Å². The van der Waals surface area contributed by atoms with Gasteiger partial charge in [-0.1, -0.05) is 18.2 Å². The Bertz CT molecular complexity index is 350. The number of anilines is 1. The van der Waals surface area contributed by atoms with Crippen LogP contribution < -0.4 is 10.6 Å². The van der Waals surface area contributed by atoms with Gasteiger partial charge in [0.25, 0.3) is 0 Å². The molecule has 0 radical (unpaired) electrons. The van der Waals surface area contributed by atoms with E-state index in [1.165, 1.54) is 24.1 Å². The number of hydrogen-bond donors (Lipinski definition) is 1. The van der Waals surface area contributed by atoms with Crippen LogP contribution in [0.25, 0.3) is 0 Å². The molecule has 0 heterocycles. The smallest absolute Gasteiger partial charge is 0.0637 e. The highest BCUT2D eigenvalue weighted by Crippen LogP contribution is 2.33. The van der Waals surface area contributed by atoms with Gasteiger partial charge in [-0.15, -0.1) is 0 Å². The summed E-state index contributed by atoms with van der Waals surface area (Å²) < 4.78 is 5.21. The number of methoxy groups -OCH3 is 1. The maximum atomic E-state index is 5.68. The van der Waals surface area contributed by atoms with Crippen LogP contribution in [0.1, 0.15) is 18.4 Å². The van der Waals surface area contributed by atoms with E-state index in [0.29, 0.717) is 12.6 Å². The third-order valence-corrected chi connectivity index (χ3v) is 3.24. The molecule has 3 heteroatoms. The first-order valence-electron chi connectivity index (χ1n) is 6.40. The Morgan fingerprint density at radius 1 is 1.35 bits per heavy atom. The van der Waals surface area contributed by atoms with Crippen LogP contribution in [0.15, 0.2) is 24.3 Å². The predicted octanol–water partition coefficient (Wildman–Crippen LogP) is 1.80. The predicted molar refractivity (Wildman–Crippen MR) is 71.4 cm³/mol. The molecule has 0 saturated heterocycles. The van der Waals surface area contributed by atoms with Crippen LogP contribution in [-0.4, -0.2) is 32.8 Å². The average molecular weight is 234 g/mol. The lowest BCUT2D eigenvalue weighted by Gasteiger charge is -2.26. The van der Waals surface area contributed by atoms with Crippen molar-refractivity contribution in [1.82, 2.24) is 0 Å². The molecule has 2 N–H and O–H groups in total. The Kier molecular flexibility index (Phi) is 4.40. The van der Waals surface area contributed by atoms with Crippen molar-refractivity contribution in [2.45, 2.75) is 25.3 Å². The minimum atomic E-state index is 0.708. The fourth-order valence-corrected chi connectivity index (χ4v) is 2.23. The van der Waals surface area contributed by atoms with Crippen molar-refractivity contribution >= 4 is 5.69 Å². The molecule has 1 aliphatic carbocycles. The van der Waals surface area contributed by atoms with E-state index in [4.69, 9.17) is 10.5 Å². The first kappa shape index (κ1) is 12.4. The molecule has 0 spiro atoms. The van der Waals surface area contributed by atoms with Crippen molar-refractivity contribution in [3.8, 4) is 0 Å². The Balaban J connectivity index is 2.15. The summed E-state index contributed by atoms with van der Waals surface area (Å²) in [5, 5.41) is 0. The highest BCUT2D eigenvalue weighted by atomic mass is 16.5. The molecule has 0 unspecified atom stereocenters. The van der Waals surface area contributed by atoms with Gasteiger partial charge in [0.15, 0.2) is 0 Å². The van der Waals surface area contributed by atoms with Crippen LogP contribution in [0.3, 0.4) is 0 Å². The zero-order chi connectivity index (χ0) is 12.1. The maximum absolute atomic E-state index is 5.68. The van der Waals surface area contributed by atoms with Crippen molar-refractivity contribution in [3.63, 3.8) is 0 Å². The van der Waals surface area contributed by atoms with Gasteiger partial charge in [-0.25, -0.2) is 0 Å². The zero-order valence-electron chi connectivity index (χ0n) is 10.6. The highest BCUT2D eigenvalue weighted by molar-refractivity contribution is 5.55. The van der Waals surface area contributed by atoms with Crippen molar-refractivity contribution in [1.29, 1.82) is 0 Å². The number of ether oxygens (including phenoxy) is 1. The van der Waals surface area contributed by atoms with E-state index in [1.807, 2.05) is 0 Å². The van der Waals surface area contributed by atoms with Gasteiger partial charge in [-0.2, -0.15) is 0 Å². The molecular formula is C14H22N2O. The first-order valence-corrected chi connectivity index (χ1v) is 6.40. The molecular weight excluding hydrogens is 212 g/mol. The van der Waals surface area contributed by atoms with Crippen LogP contribution in [0.5, 0.6) is 0 Å². The minimum Gasteiger partial charge on any atom is -0.383 e. The number of nitrogens with zero attached hydrogens (tertiary/aromatic N) is 1. The third kappa shape index (κ3) is 3.20. The second-order valence-electron chi connectivity index (χ2n) is 4.58. The molecule has 1 aromatic carbocycles. The number of rotatable bonds is 7. The van der Waals surface area contributed by atoms with Crippen LogP contribution >= 0.6 is 0 Å². The van der Waals surface area contributed by atoms with Gasteiger partial charge < -0.3 is 15.4 Å². The number of para-hydroxylation sites is 1. The molecule has 17 heavy (non-hydrogen) atoms. The normalized spacial score (nSPS) is 14.9. The average Bonchev–Trinajstić information content (AvgIpc) is 3.16. The fraction of sp³-hybridized carbons (Fsp3) is 0.571. The summed E-state index contributed by atoms with van der Waals surface area (Å²) in [7, 11) is 1.76. The molecule has 1 aromatic rings. The second kappa shape index (κ2) is 6.03. The van der Waals surface area contributed by atoms with E-state index in [0.717, 1.165) is 19.6 Å². The minimum absolute atomic E-state index is 0.708. The fourth-order valence-electron chi connectivity index (χ4n) is 2.23. The van der Waals surface area contributed by atoms with Crippen molar-refractivity contribution < 1.29 is 4.74 Å². The molecule has 0 bridgehead atoms. The molecule has 1 fully saturated rings. The molecule has 94 valence electrons. The Morgan fingerprint density at radius 2 is 2.12 bits per heavy atom. The van der Waals surface area contributed by atoms with E-state index in [2.05, 4.69) is 29.2 Å². The van der Waals surface area contributed by atoms with E-state index in [-0.39, 0.29) is 0 Å². The topological polar surface area (TPSA) is 38.5 Å². The standard InChI is InChI=1S/C14H22N2O/c1-17-11-10-16(13-6-7-13)14-5-3-2-4-12(14)8-9-15/h2-5,13H,6-11,15H2,1H3. The second-order valence-corrected chi connectivity index (χ2v) is 4.58. The van der Waals surface area contributed by atoms with Crippen LogP contribution in [0.2, 0.25) is 0 Å². The molecule has 0 aliphatic heterocycles. The monoisotopic (exact) mass is 234 g/mol. The SMILES string of the molecule is COCCN(c1ccccc1CCN)C1CC1. The van der Waals surface area contributed by atoms with E-state index in [1.54, 1.807) is 7.11 Å². The largest absolute Gasteiger partial charge is 0.383 e. The summed E-state index contributed by atoms with van der Waals surface area (Å²) in [6.45, 7) is 2.47. The van der Waals surface area contributed by atoms with Gasteiger partial charge in [0.1, 0.15) is 0 Å². The highest BCUT2D eigenvalue weighted by Gasteiger charge is 2.29. The van der Waals surface area contributed by atoms with Crippen LogP contribution in [0.4, 0.5) is 5.69 Å². The van der Waals surface area contributed by atoms with E-state index < -0.39 is 0 Å². The molecule has 0 amide bonds. The summed E-state index contributed by atoms with van der Waals surface area (Å²) in [5.74, 6) is 0. The summed E-state index contributed by atoms with van der Waals surface area (Å²) in [6.07, 6.45) is 3.56. The molecule has 2 rings (SSSR count). The first-order chi connectivity index (χ1) is 8.36. The number of benzene rings is 1. The Hall–Kier alpha value is -1.06. The van der Waals surface area contributed by atoms with Gasteiger partial charge in [-0.05, 0) is 37.4 Å².